The Morgan fingerprint density at radius 1 is 0.414 bits per heavy atom. The highest BCUT2D eigenvalue weighted by Gasteiger charge is 2.43. The number of nitrogens with zero attached hydrogens (tertiary/aromatic N) is 2. The van der Waals surface area contributed by atoms with Crippen LogP contribution in [0, 0.1) is 0 Å². The van der Waals surface area contributed by atoms with Gasteiger partial charge in [0.2, 0.25) is 6.71 Å². The third-order valence-corrected chi connectivity index (χ3v) is 15.8. The Labute approximate surface area is 416 Å². The average molecular weight is 915 g/mol. The molecule has 0 atom stereocenters. The molecule has 334 valence electrons. The lowest BCUT2D eigenvalue weighted by Crippen LogP contribution is -2.60. The van der Waals surface area contributed by atoms with Gasteiger partial charge in [0.15, 0.2) is 0 Å². The second-order valence-electron chi connectivity index (χ2n) is 19.0. The van der Waals surface area contributed by atoms with E-state index in [0.29, 0.717) is 0 Å². The van der Waals surface area contributed by atoms with Gasteiger partial charge in [0.1, 0.15) is 0 Å². The monoisotopic (exact) mass is 914 g/mol. The summed E-state index contributed by atoms with van der Waals surface area (Å²) in [5, 5.41) is 2.52. The van der Waals surface area contributed by atoms with E-state index in [0.717, 1.165) is 12.1 Å². The molecule has 70 heavy (non-hydrogen) atoms. The fourth-order valence-corrected chi connectivity index (χ4v) is 12.6. The zero-order chi connectivity index (χ0) is 46.5. The first kappa shape index (κ1) is 42.3. The van der Waals surface area contributed by atoms with E-state index in [2.05, 4.69) is 247 Å². The van der Waals surface area contributed by atoms with Crippen LogP contribution in [0.1, 0.15) is 38.2 Å². The maximum absolute atomic E-state index is 2.70. The van der Waals surface area contributed by atoms with Crippen LogP contribution in [0.15, 0.2) is 240 Å². The van der Waals surface area contributed by atoms with Crippen molar-refractivity contribution in [1.29, 1.82) is 0 Å². The van der Waals surface area contributed by atoms with Gasteiger partial charge in [-0.25, -0.2) is 0 Å². The molecular formula is C66H51BN2S. The highest BCUT2D eigenvalue weighted by Crippen LogP contribution is 2.51. The van der Waals surface area contributed by atoms with Crippen LogP contribution in [0.5, 0.6) is 0 Å². The number of aromatic nitrogens is 1. The Morgan fingerprint density at radius 3 is 1.60 bits per heavy atom. The first-order valence-corrected chi connectivity index (χ1v) is 25.8. The molecule has 0 radical (unpaired) electrons. The van der Waals surface area contributed by atoms with Crippen molar-refractivity contribution in [1.82, 2.24) is 4.57 Å². The summed E-state index contributed by atoms with van der Waals surface area (Å²) in [5.41, 5.74) is 22.3. The number of para-hydroxylation sites is 2. The summed E-state index contributed by atoms with van der Waals surface area (Å²) in [6, 6.07) is 86.4. The van der Waals surface area contributed by atoms with Crippen molar-refractivity contribution in [2.45, 2.75) is 48.8 Å². The number of anilines is 3. The van der Waals surface area contributed by atoms with Gasteiger partial charge in [0.25, 0.3) is 0 Å². The molecule has 0 spiro atoms. The SMILES string of the molecule is CCCCCCc1cc2c3c(c1)N(c1c(-c4ccccc4)cc(-c4ccccc4)cc1-c1ccccc1)c1cc(-n4c5ccccc5c5ccccc54)ccc1B3c1cc(-c3ccccc3)ccc1S2. The molecule has 3 heterocycles. The standard InChI is InChI=1S/C66H51BN2S/c1-2-3-4-9-22-45-39-62-65-64(40-45)70-63-38-35-50(46-23-10-5-11-24-46)43-58(63)67(65)57-37-36-52(68-59-33-20-18-31-53(59)54-32-19-21-34-60(54)68)44-61(57)69(62)66-55(48-27-14-7-15-28-48)41-51(47-25-12-6-13-26-47)42-56(66)49-29-16-8-17-30-49/h5-8,10-21,23-44H,2-4,9,22H2,1H3. The second-order valence-corrected chi connectivity index (χ2v) is 20.0. The minimum absolute atomic E-state index is 0.0152. The predicted octanol–water partition coefficient (Wildman–Crippen LogP) is 16.3. The van der Waals surface area contributed by atoms with Crippen LogP contribution in [-0.4, -0.2) is 11.3 Å². The van der Waals surface area contributed by atoms with E-state index in [1.54, 1.807) is 0 Å². The lowest BCUT2D eigenvalue weighted by Gasteiger charge is -2.42. The van der Waals surface area contributed by atoms with Crippen LogP contribution in [0.4, 0.5) is 17.1 Å². The van der Waals surface area contributed by atoms with Crippen molar-refractivity contribution in [2.75, 3.05) is 4.90 Å². The molecule has 0 bridgehead atoms. The summed E-state index contributed by atoms with van der Waals surface area (Å²) in [5.74, 6) is 0. The minimum Gasteiger partial charge on any atom is -0.310 e. The van der Waals surface area contributed by atoms with E-state index >= 15 is 0 Å². The van der Waals surface area contributed by atoms with E-state index in [4.69, 9.17) is 0 Å². The van der Waals surface area contributed by atoms with Crippen molar-refractivity contribution in [2.24, 2.45) is 0 Å². The third kappa shape index (κ3) is 7.29. The molecule has 0 unspecified atom stereocenters. The molecule has 0 saturated heterocycles. The highest BCUT2D eigenvalue weighted by molar-refractivity contribution is 8.00. The quantitative estimate of drug-likeness (QED) is 0.0944. The van der Waals surface area contributed by atoms with Gasteiger partial charge in [-0.15, -0.1) is 0 Å². The molecule has 11 aromatic rings. The number of benzene rings is 10. The normalized spacial score (nSPS) is 12.5. The summed E-state index contributed by atoms with van der Waals surface area (Å²) < 4.78 is 2.49. The van der Waals surface area contributed by atoms with Gasteiger partial charge in [-0.2, -0.15) is 0 Å². The first-order chi connectivity index (χ1) is 34.7. The van der Waals surface area contributed by atoms with E-state index in [-0.39, 0.29) is 6.71 Å². The lowest BCUT2D eigenvalue weighted by molar-refractivity contribution is 0.666. The smallest absolute Gasteiger partial charge is 0.249 e. The van der Waals surface area contributed by atoms with E-state index < -0.39 is 0 Å². The molecule has 13 rings (SSSR count). The maximum Gasteiger partial charge on any atom is 0.249 e. The molecule has 1 aromatic heterocycles. The number of aryl methyl sites for hydroxylation is 1. The minimum atomic E-state index is 0.0152. The molecule has 0 fully saturated rings. The second kappa shape index (κ2) is 17.9. The number of rotatable bonds is 11. The Balaban J connectivity index is 1.16. The van der Waals surface area contributed by atoms with Gasteiger partial charge in [-0.05, 0) is 117 Å². The fraction of sp³-hybridized carbons (Fsp3) is 0.0909. The van der Waals surface area contributed by atoms with Crippen molar-refractivity contribution in [3.05, 3.63) is 236 Å². The molecule has 0 saturated carbocycles. The van der Waals surface area contributed by atoms with Crippen LogP contribution in [0.2, 0.25) is 0 Å². The topological polar surface area (TPSA) is 8.17 Å². The third-order valence-electron chi connectivity index (χ3n) is 14.7. The van der Waals surface area contributed by atoms with Crippen molar-refractivity contribution >= 4 is 73.7 Å². The largest absolute Gasteiger partial charge is 0.310 e. The Morgan fingerprint density at radius 2 is 0.986 bits per heavy atom. The van der Waals surface area contributed by atoms with Crippen LogP contribution < -0.4 is 21.3 Å². The van der Waals surface area contributed by atoms with Gasteiger partial charge < -0.3 is 9.47 Å². The van der Waals surface area contributed by atoms with Gasteiger partial charge in [0, 0.05) is 48.8 Å². The Bertz CT molecular complexity index is 3620. The first-order valence-electron chi connectivity index (χ1n) is 25.0. The van der Waals surface area contributed by atoms with Gasteiger partial charge >= 0.3 is 0 Å². The zero-order valence-electron chi connectivity index (χ0n) is 39.4. The summed E-state index contributed by atoms with van der Waals surface area (Å²) in [4.78, 5) is 5.39. The van der Waals surface area contributed by atoms with Crippen LogP contribution in [0.25, 0.3) is 72.0 Å². The lowest BCUT2D eigenvalue weighted by atomic mass is 9.34. The highest BCUT2D eigenvalue weighted by atomic mass is 32.2. The van der Waals surface area contributed by atoms with Crippen molar-refractivity contribution in [3.63, 3.8) is 0 Å². The molecule has 4 heteroatoms. The van der Waals surface area contributed by atoms with Gasteiger partial charge in [-0.1, -0.05) is 219 Å². The van der Waals surface area contributed by atoms with Crippen LogP contribution in [-0.2, 0) is 6.42 Å². The van der Waals surface area contributed by atoms with E-state index in [9.17, 15) is 0 Å². The summed E-state index contributed by atoms with van der Waals surface area (Å²) in [7, 11) is 0. The number of unbranched alkanes of at least 4 members (excludes halogenated alkanes) is 3. The molecule has 2 aliphatic heterocycles. The Kier molecular flexibility index (Phi) is 10.9. The Hall–Kier alpha value is -7.79. The van der Waals surface area contributed by atoms with E-state index in [1.807, 2.05) is 11.8 Å². The summed E-state index contributed by atoms with van der Waals surface area (Å²) in [6.07, 6.45) is 5.91. The van der Waals surface area contributed by atoms with E-state index in [1.165, 1.54) is 141 Å². The molecule has 10 aromatic carbocycles. The fourth-order valence-electron chi connectivity index (χ4n) is 11.4. The maximum atomic E-state index is 2.70. The molecular weight excluding hydrogens is 864 g/mol. The van der Waals surface area contributed by atoms with Gasteiger partial charge in [0.05, 0.1) is 16.7 Å². The molecule has 0 N–H and O–H groups in total. The molecule has 2 nitrogen and oxygen atoms in total. The molecule has 0 amide bonds. The number of hydrogen-bond donors (Lipinski definition) is 0. The molecule has 0 aliphatic carbocycles. The average Bonchev–Trinajstić information content (AvgIpc) is 3.77. The van der Waals surface area contributed by atoms with Gasteiger partial charge in [-0.3, -0.25) is 0 Å². The summed E-state index contributed by atoms with van der Waals surface area (Å²) in [6.45, 7) is 2.32. The predicted molar refractivity (Wildman–Crippen MR) is 300 cm³/mol. The number of hydrogen-bond acceptors (Lipinski definition) is 2. The molecule has 2 aliphatic rings. The number of fused-ring (bicyclic) bond motifs is 7. The summed E-state index contributed by atoms with van der Waals surface area (Å²) >= 11 is 1.96. The zero-order valence-corrected chi connectivity index (χ0v) is 40.2. The van der Waals surface area contributed by atoms with Crippen LogP contribution >= 0.6 is 11.8 Å². The van der Waals surface area contributed by atoms with Crippen molar-refractivity contribution in [3.8, 4) is 50.2 Å². The van der Waals surface area contributed by atoms with Crippen LogP contribution in [0.3, 0.4) is 0 Å². The van der Waals surface area contributed by atoms with Crippen molar-refractivity contribution < 1.29 is 0 Å².